The number of hydrogen-bond acceptors (Lipinski definition) is 4. The molecule has 1 aromatic heterocycles. The molecule has 0 saturated heterocycles. The number of aromatic nitrogens is 2. The van der Waals surface area contributed by atoms with E-state index in [-0.39, 0.29) is 0 Å². The van der Waals surface area contributed by atoms with Gasteiger partial charge in [-0.05, 0) is 24.3 Å². The van der Waals surface area contributed by atoms with Crippen LogP contribution in [0.2, 0.25) is 0 Å². The van der Waals surface area contributed by atoms with Crippen molar-refractivity contribution in [2.45, 2.75) is 0 Å². The minimum absolute atomic E-state index is 0.396. The summed E-state index contributed by atoms with van der Waals surface area (Å²) in [6.07, 6.45) is 1.45. The molecule has 2 rings (SSSR count). The molecule has 0 radical (unpaired) electrons. The van der Waals surface area contributed by atoms with Gasteiger partial charge in [0.15, 0.2) is 0 Å². The molecule has 0 bridgehead atoms. The van der Waals surface area contributed by atoms with Gasteiger partial charge in [-0.3, -0.25) is 0 Å². The van der Waals surface area contributed by atoms with E-state index in [9.17, 15) is 4.79 Å². The summed E-state index contributed by atoms with van der Waals surface area (Å²) in [5.41, 5.74) is 1.000. The predicted molar refractivity (Wildman–Crippen MR) is 63.4 cm³/mol. The number of nitrogens with zero attached hydrogens (tertiary/aromatic N) is 1. The van der Waals surface area contributed by atoms with Crippen LogP contribution in [-0.2, 0) is 0 Å². The zero-order valence-electron chi connectivity index (χ0n) is 9.56. The largest absolute Gasteiger partial charge is 0.497 e. The molecule has 1 aromatic carbocycles. The number of nitrogens with one attached hydrogen (secondary N) is 1. The molecule has 5 nitrogen and oxygen atoms in total. The molecule has 0 aliphatic heterocycles. The number of H-pyrrole nitrogens is 1. The van der Waals surface area contributed by atoms with Crippen LogP contribution in [0.4, 0.5) is 0 Å². The van der Waals surface area contributed by atoms with Gasteiger partial charge in [-0.15, -0.1) is 0 Å². The molecule has 2 aromatic rings. The molecular formula is C12H12N2O3. The van der Waals surface area contributed by atoms with Crippen molar-refractivity contribution in [2.75, 3.05) is 14.2 Å². The van der Waals surface area contributed by atoms with Crippen LogP contribution in [0.15, 0.2) is 35.3 Å². The number of methoxy groups -OCH3 is 2. The van der Waals surface area contributed by atoms with E-state index >= 15 is 0 Å². The molecule has 0 atom stereocenters. The first-order chi connectivity index (χ1) is 8.24. The average Bonchev–Trinajstić information content (AvgIpc) is 2.38. The van der Waals surface area contributed by atoms with Gasteiger partial charge in [-0.2, -0.15) is 0 Å². The Hall–Kier alpha value is -2.30. The van der Waals surface area contributed by atoms with Gasteiger partial charge < -0.3 is 14.5 Å². The average molecular weight is 232 g/mol. The Morgan fingerprint density at radius 1 is 1.18 bits per heavy atom. The molecule has 0 unspecified atom stereocenters. The monoisotopic (exact) mass is 232 g/mol. The number of benzene rings is 1. The van der Waals surface area contributed by atoms with Crippen LogP contribution in [-0.4, -0.2) is 24.2 Å². The summed E-state index contributed by atoms with van der Waals surface area (Å²) in [6.45, 7) is 0. The quantitative estimate of drug-likeness (QED) is 0.870. The van der Waals surface area contributed by atoms with Crippen molar-refractivity contribution in [1.82, 2.24) is 9.97 Å². The maximum atomic E-state index is 11.2. The normalized spacial score (nSPS) is 10.0. The Balaban J connectivity index is 2.59. The predicted octanol–water partition coefficient (Wildman–Crippen LogP) is 1.45. The van der Waals surface area contributed by atoms with Crippen LogP contribution in [0.3, 0.4) is 0 Å². The number of hydrogen-bond donors (Lipinski definition) is 1. The van der Waals surface area contributed by atoms with Crippen molar-refractivity contribution >= 4 is 0 Å². The molecule has 0 spiro atoms. The third-order valence-electron chi connectivity index (χ3n) is 2.37. The van der Waals surface area contributed by atoms with E-state index in [2.05, 4.69) is 9.97 Å². The highest BCUT2D eigenvalue weighted by atomic mass is 16.5. The van der Waals surface area contributed by atoms with E-state index in [0.717, 1.165) is 5.56 Å². The second kappa shape index (κ2) is 4.69. The van der Waals surface area contributed by atoms with Gasteiger partial charge in [0.1, 0.15) is 11.5 Å². The minimum Gasteiger partial charge on any atom is -0.497 e. The highest BCUT2D eigenvalue weighted by Gasteiger charge is 2.08. The topological polar surface area (TPSA) is 64.2 Å². The summed E-state index contributed by atoms with van der Waals surface area (Å²) in [5, 5.41) is 0. The van der Waals surface area contributed by atoms with Crippen LogP contribution in [0.1, 0.15) is 0 Å². The summed E-state index contributed by atoms with van der Waals surface area (Å²) in [5.74, 6) is 1.35. The number of rotatable bonds is 3. The van der Waals surface area contributed by atoms with Crippen molar-refractivity contribution in [3.8, 4) is 22.8 Å². The minimum atomic E-state index is -0.396. The lowest BCUT2D eigenvalue weighted by Crippen LogP contribution is -2.09. The summed E-state index contributed by atoms with van der Waals surface area (Å²) in [6, 6.07) is 7.08. The molecule has 88 valence electrons. The van der Waals surface area contributed by atoms with Gasteiger partial charge in [0.2, 0.25) is 0 Å². The fraction of sp³-hybridized carbons (Fsp3) is 0.167. The molecule has 17 heavy (non-hydrogen) atoms. The van der Waals surface area contributed by atoms with Crippen molar-refractivity contribution in [1.29, 1.82) is 0 Å². The summed E-state index contributed by atoms with van der Waals surface area (Å²) >= 11 is 0. The lowest BCUT2D eigenvalue weighted by Gasteiger charge is -2.09. The second-order valence-electron chi connectivity index (χ2n) is 3.35. The van der Waals surface area contributed by atoms with Crippen molar-refractivity contribution < 1.29 is 9.47 Å². The van der Waals surface area contributed by atoms with Crippen LogP contribution in [0.5, 0.6) is 11.5 Å². The maximum Gasteiger partial charge on any atom is 0.345 e. The second-order valence-corrected chi connectivity index (χ2v) is 3.35. The zero-order chi connectivity index (χ0) is 12.3. The molecule has 1 heterocycles. The number of ether oxygens (including phenoxy) is 2. The van der Waals surface area contributed by atoms with Gasteiger partial charge in [0, 0.05) is 11.8 Å². The maximum absolute atomic E-state index is 11.2. The summed E-state index contributed by atoms with van der Waals surface area (Å²) in [7, 11) is 3.16. The van der Waals surface area contributed by atoms with Gasteiger partial charge in [0.25, 0.3) is 0 Å². The van der Waals surface area contributed by atoms with Crippen LogP contribution >= 0.6 is 0 Å². The Morgan fingerprint density at radius 3 is 2.65 bits per heavy atom. The first kappa shape index (κ1) is 11.2. The number of aromatic amines is 1. The molecule has 5 heteroatoms. The SMILES string of the molecule is COc1ccc(OC)c(-c2ccnc(=O)[nH]2)c1. The van der Waals surface area contributed by atoms with Crippen molar-refractivity contribution in [3.63, 3.8) is 0 Å². The van der Waals surface area contributed by atoms with Gasteiger partial charge >= 0.3 is 5.69 Å². The van der Waals surface area contributed by atoms with Gasteiger partial charge in [-0.25, -0.2) is 9.78 Å². The van der Waals surface area contributed by atoms with E-state index < -0.39 is 5.69 Å². The van der Waals surface area contributed by atoms with Crippen LogP contribution < -0.4 is 15.2 Å². The van der Waals surface area contributed by atoms with Crippen LogP contribution in [0.25, 0.3) is 11.3 Å². The summed E-state index contributed by atoms with van der Waals surface area (Å²) < 4.78 is 10.4. The third kappa shape index (κ3) is 2.28. The molecule has 0 aliphatic carbocycles. The Labute approximate surface area is 98.0 Å². The highest BCUT2D eigenvalue weighted by Crippen LogP contribution is 2.31. The fourth-order valence-corrected chi connectivity index (χ4v) is 1.55. The lowest BCUT2D eigenvalue weighted by molar-refractivity contribution is 0.404. The summed E-state index contributed by atoms with van der Waals surface area (Å²) in [4.78, 5) is 17.4. The Morgan fingerprint density at radius 2 is 2.00 bits per heavy atom. The van der Waals surface area contributed by atoms with Crippen LogP contribution in [0, 0.1) is 0 Å². The van der Waals surface area contributed by atoms with Crippen molar-refractivity contribution in [2.24, 2.45) is 0 Å². The Bertz CT molecular complexity index is 578. The molecule has 0 amide bonds. The van der Waals surface area contributed by atoms with E-state index in [0.29, 0.717) is 17.2 Å². The van der Waals surface area contributed by atoms with E-state index in [1.165, 1.54) is 6.20 Å². The molecule has 1 N–H and O–H groups in total. The van der Waals surface area contributed by atoms with E-state index in [1.54, 1.807) is 38.5 Å². The third-order valence-corrected chi connectivity index (χ3v) is 2.37. The first-order valence-electron chi connectivity index (χ1n) is 5.02. The van der Waals surface area contributed by atoms with Gasteiger partial charge in [0.05, 0.1) is 19.9 Å². The zero-order valence-corrected chi connectivity index (χ0v) is 9.56. The highest BCUT2D eigenvalue weighted by molar-refractivity contribution is 5.68. The lowest BCUT2D eigenvalue weighted by atomic mass is 10.1. The van der Waals surface area contributed by atoms with Gasteiger partial charge in [-0.1, -0.05) is 0 Å². The molecule has 0 fully saturated rings. The van der Waals surface area contributed by atoms with Crippen molar-refractivity contribution in [3.05, 3.63) is 40.9 Å². The molecular weight excluding hydrogens is 220 g/mol. The fourth-order valence-electron chi connectivity index (χ4n) is 1.55. The molecule has 0 aliphatic rings. The first-order valence-corrected chi connectivity index (χ1v) is 5.02. The Kier molecular flexibility index (Phi) is 3.09. The van der Waals surface area contributed by atoms with E-state index in [4.69, 9.17) is 9.47 Å². The standard InChI is InChI=1S/C12H12N2O3/c1-16-8-3-4-11(17-2)9(7-8)10-5-6-13-12(15)14-10/h3-7H,1-2H3,(H,13,14,15). The molecule has 0 saturated carbocycles. The smallest absolute Gasteiger partial charge is 0.345 e. The van der Waals surface area contributed by atoms with E-state index in [1.807, 2.05) is 0 Å².